The molecule has 0 bridgehead atoms. The van der Waals surface area contributed by atoms with Gasteiger partial charge in [0.1, 0.15) is 10.6 Å². The predicted octanol–water partition coefficient (Wildman–Crippen LogP) is 4.32. The molecule has 1 saturated heterocycles. The van der Waals surface area contributed by atoms with E-state index in [9.17, 15) is 9.59 Å². The summed E-state index contributed by atoms with van der Waals surface area (Å²) in [7, 11) is 0. The lowest BCUT2D eigenvalue weighted by atomic mass is 9.99. The monoisotopic (exact) mass is 401 g/mol. The molecule has 2 aromatic rings. The summed E-state index contributed by atoms with van der Waals surface area (Å²) >= 11 is 1.47. The summed E-state index contributed by atoms with van der Waals surface area (Å²) in [4.78, 5) is 31.4. The minimum absolute atomic E-state index is 0.0165. The topological polar surface area (TPSA) is 71.5 Å². The van der Waals surface area contributed by atoms with Crippen molar-refractivity contribution in [1.82, 2.24) is 15.2 Å². The van der Waals surface area contributed by atoms with E-state index >= 15 is 0 Å². The summed E-state index contributed by atoms with van der Waals surface area (Å²) in [6, 6.07) is 9.61. The highest BCUT2D eigenvalue weighted by Crippen LogP contribution is 2.36. The average molecular weight is 402 g/mol. The number of amides is 2. The first-order valence-corrected chi connectivity index (χ1v) is 10.4. The minimum Gasteiger partial charge on any atom is -0.444 e. The SMILES string of the molecule is C[C@H](c1ccccc1)N1C[C@H](C(NC(=O)OC(C)(C)C)c2nccs2)CC1=O. The van der Waals surface area contributed by atoms with Crippen molar-refractivity contribution in [1.29, 1.82) is 0 Å². The number of carbonyl (C=O) groups is 2. The summed E-state index contributed by atoms with van der Waals surface area (Å²) < 4.78 is 5.42. The molecule has 1 aromatic carbocycles. The van der Waals surface area contributed by atoms with Gasteiger partial charge in [-0.25, -0.2) is 9.78 Å². The molecule has 1 N–H and O–H groups in total. The van der Waals surface area contributed by atoms with Crippen LogP contribution in [0.3, 0.4) is 0 Å². The van der Waals surface area contributed by atoms with Gasteiger partial charge >= 0.3 is 6.09 Å². The number of ether oxygens (including phenoxy) is 1. The molecule has 6 nitrogen and oxygen atoms in total. The van der Waals surface area contributed by atoms with Crippen molar-refractivity contribution in [2.45, 2.75) is 51.8 Å². The Morgan fingerprint density at radius 3 is 2.64 bits per heavy atom. The van der Waals surface area contributed by atoms with E-state index in [4.69, 9.17) is 4.74 Å². The number of alkyl carbamates (subject to hydrolysis) is 1. The van der Waals surface area contributed by atoms with Crippen LogP contribution in [0, 0.1) is 5.92 Å². The van der Waals surface area contributed by atoms with Gasteiger partial charge in [0, 0.05) is 30.5 Å². The highest BCUT2D eigenvalue weighted by molar-refractivity contribution is 7.09. The van der Waals surface area contributed by atoms with Gasteiger partial charge in [-0.15, -0.1) is 11.3 Å². The van der Waals surface area contributed by atoms with E-state index in [-0.39, 0.29) is 23.9 Å². The van der Waals surface area contributed by atoms with Gasteiger partial charge < -0.3 is 15.0 Å². The molecule has 0 saturated carbocycles. The highest BCUT2D eigenvalue weighted by atomic mass is 32.1. The smallest absolute Gasteiger partial charge is 0.408 e. The third-order valence-corrected chi connectivity index (χ3v) is 5.66. The molecule has 3 rings (SSSR count). The Bertz CT molecular complexity index is 802. The van der Waals surface area contributed by atoms with Gasteiger partial charge in [-0.1, -0.05) is 30.3 Å². The molecule has 0 spiro atoms. The van der Waals surface area contributed by atoms with Crippen molar-refractivity contribution in [3.05, 3.63) is 52.5 Å². The van der Waals surface area contributed by atoms with Crippen molar-refractivity contribution in [3.63, 3.8) is 0 Å². The van der Waals surface area contributed by atoms with Crippen LogP contribution in [0.5, 0.6) is 0 Å². The van der Waals surface area contributed by atoms with Crippen LogP contribution in [-0.4, -0.2) is 34.0 Å². The fourth-order valence-corrected chi connectivity index (χ4v) is 4.25. The van der Waals surface area contributed by atoms with E-state index in [1.807, 2.05) is 68.3 Å². The molecule has 1 unspecified atom stereocenters. The number of hydrogen-bond acceptors (Lipinski definition) is 5. The molecule has 0 aliphatic carbocycles. The number of nitrogens with zero attached hydrogens (tertiary/aromatic N) is 2. The summed E-state index contributed by atoms with van der Waals surface area (Å²) in [6.07, 6.45) is 1.59. The van der Waals surface area contributed by atoms with Crippen LogP contribution < -0.4 is 5.32 Å². The van der Waals surface area contributed by atoms with Crippen molar-refractivity contribution in [2.75, 3.05) is 6.54 Å². The van der Waals surface area contributed by atoms with Gasteiger partial charge in [0.15, 0.2) is 0 Å². The Kier molecular flexibility index (Phi) is 6.03. The minimum atomic E-state index is -0.586. The molecule has 1 aromatic heterocycles. The first-order chi connectivity index (χ1) is 13.2. The first kappa shape index (κ1) is 20.3. The maximum atomic E-state index is 12.8. The maximum Gasteiger partial charge on any atom is 0.408 e. The Balaban J connectivity index is 1.76. The summed E-state index contributed by atoms with van der Waals surface area (Å²) in [6.45, 7) is 8.08. The normalized spacial score (nSPS) is 19.4. The van der Waals surface area contributed by atoms with Gasteiger partial charge in [-0.05, 0) is 33.3 Å². The summed E-state index contributed by atoms with van der Waals surface area (Å²) in [5.41, 5.74) is 0.513. The second-order valence-corrected chi connectivity index (χ2v) is 9.02. The average Bonchev–Trinajstić information content (AvgIpc) is 3.28. The van der Waals surface area contributed by atoms with E-state index in [1.54, 1.807) is 6.20 Å². The molecule has 0 radical (unpaired) electrons. The fourth-order valence-electron chi connectivity index (χ4n) is 3.47. The second kappa shape index (κ2) is 8.31. The van der Waals surface area contributed by atoms with Crippen LogP contribution in [0.4, 0.5) is 4.79 Å². The van der Waals surface area contributed by atoms with Crippen LogP contribution >= 0.6 is 11.3 Å². The van der Waals surface area contributed by atoms with Crippen molar-refractivity contribution in [2.24, 2.45) is 5.92 Å². The zero-order chi connectivity index (χ0) is 20.3. The fraction of sp³-hybridized carbons (Fsp3) is 0.476. The zero-order valence-corrected chi connectivity index (χ0v) is 17.5. The number of aromatic nitrogens is 1. The number of likely N-dealkylation sites (tertiary alicyclic amines) is 1. The molecule has 2 amide bonds. The van der Waals surface area contributed by atoms with Gasteiger partial charge in [0.25, 0.3) is 0 Å². The molecule has 1 fully saturated rings. The van der Waals surface area contributed by atoms with Gasteiger partial charge in [-0.3, -0.25) is 4.79 Å². The number of hydrogen-bond donors (Lipinski definition) is 1. The van der Waals surface area contributed by atoms with Gasteiger partial charge in [0.2, 0.25) is 5.91 Å². The quantitative estimate of drug-likeness (QED) is 0.810. The van der Waals surface area contributed by atoms with Gasteiger partial charge in [-0.2, -0.15) is 0 Å². The van der Waals surface area contributed by atoms with Gasteiger partial charge in [0.05, 0.1) is 12.1 Å². The molecular formula is C21H27N3O3S. The lowest BCUT2D eigenvalue weighted by Crippen LogP contribution is -2.38. The largest absolute Gasteiger partial charge is 0.444 e. The molecule has 28 heavy (non-hydrogen) atoms. The van der Waals surface area contributed by atoms with Crippen LogP contribution in [0.25, 0.3) is 0 Å². The number of nitrogens with one attached hydrogen (secondary N) is 1. The number of thiazole rings is 1. The lowest BCUT2D eigenvalue weighted by molar-refractivity contribution is -0.129. The third kappa shape index (κ3) is 4.90. The maximum absolute atomic E-state index is 12.8. The van der Waals surface area contributed by atoms with Crippen molar-refractivity contribution < 1.29 is 14.3 Å². The van der Waals surface area contributed by atoms with E-state index in [0.29, 0.717) is 13.0 Å². The number of benzene rings is 1. The van der Waals surface area contributed by atoms with Crippen molar-refractivity contribution in [3.8, 4) is 0 Å². The molecule has 3 atom stereocenters. The summed E-state index contributed by atoms with van der Waals surface area (Å²) in [5.74, 6) is 0.0335. The van der Waals surface area contributed by atoms with Crippen molar-refractivity contribution >= 4 is 23.3 Å². The van der Waals surface area contributed by atoms with E-state index in [1.165, 1.54) is 11.3 Å². The molecule has 1 aliphatic heterocycles. The highest BCUT2D eigenvalue weighted by Gasteiger charge is 2.40. The van der Waals surface area contributed by atoms with Crippen LogP contribution in [0.2, 0.25) is 0 Å². The molecular weight excluding hydrogens is 374 g/mol. The first-order valence-electron chi connectivity index (χ1n) is 9.48. The Hall–Kier alpha value is -2.41. The lowest BCUT2D eigenvalue weighted by Gasteiger charge is -2.28. The molecule has 1 aliphatic rings. The second-order valence-electron chi connectivity index (χ2n) is 8.09. The number of carbonyl (C=O) groups excluding carboxylic acids is 2. The number of rotatable bonds is 5. The van der Waals surface area contributed by atoms with E-state index < -0.39 is 11.7 Å². The zero-order valence-electron chi connectivity index (χ0n) is 16.7. The summed E-state index contributed by atoms with van der Waals surface area (Å²) in [5, 5.41) is 5.61. The van der Waals surface area contributed by atoms with E-state index in [2.05, 4.69) is 10.3 Å². The van der Waals surface area contributed by atoms with Crippen LogP contribution in [0.15, 0.2) is 41.9 Å². The molecule has 7 heteroatoms. The predicted molar refractivity (Wildman–Crippen MR) is 109 cm³/mol. The molecule has 150 valence electrons. The Morgan fingerprint density at radius 1 is 1.32 bits per heavy atom. The standard InChI is InChI=1S/C21H27N3O3S/c1-14(15-8-6-5-7-9-15)24-13-16(12-17(24)25)18(19-22-10-11-28-19)23-20(26)27-21(2,3)4/h5-11,14,16,18H,12-13H2,1-4H3,(H,23,26)/t14-,16-,18?/m1/s1. The van der Waals surface area contributed by atoms with E-state index in [0.717, 1.165) is 10.6 Å². The Morgan fingerprint density at radius 2 is 2.04 bits per heavy atom. The Labute approximate surface area is 169 Å². The van der Waals surface area contributed by atoms with Crippen LogP contribution in [-0.2, 0) is 9.53 Å². The molecule has 2 heterocycles. The third-order valence-electron chi connectivity index (χ3n) is 4.80. The van der Waals surface area contributed by atoms with Crippen LogP contribution in [0.1, 0.15) is 56.8 Å².